The van der Waals surface area contributed by atoms with E-state index in [1.165, 1.54) is 22.3 Å². The van der Waals surface area contributed by atoms with E-state index in [2.05, 4.69) is 88.4 Å². The van der Waals surface area contributed by atoms with Gasteiger partial charge < -0.3 is 4.90 Å². The molecule has 0 amide bonds. The highest BCUT2D eigenvalue weighted by Gasteiger charge is 2.29. The SMILES string of the molecule is C=CCN(Cc1cccnc1)C(=C)C1CN(CC2=CC=C(c3ccccc3)CC2)CCN1C. The van der Waals surface area contributed by atoms with Crippen LogP contribution in [0.3, 0.4) is 0 Å². The second-order valence-corrected chi connectivity index (χ2v) is 9.14. The summed E-state index contributed by atoms with van der Waals surface area (Å²) in [5, 5.41) is 0. The van der Waals surface area contributed by atoms with Crippen LogP contribution in [-0.2, 0) is 6.54 Å². The number of piperazine rings is 1. The minimum absolute atomic E-state index is 0.301. The highest BCUT2D eigenvalue weighted by molar-refractivity contribution is 5.68. The van der Waals surface area contributed by atoms with Crippen molar-refractivity contribution in [3.63, 3.8) is 0 Å². The first kappa shape index (κ1) is 23.2. The number of aromatic nitrogens is 1. The standard InChI is InChI=1S/C29H36N4/c1-4-17-33(22-26-9-8-16-30-20-26)24(2)29-23-32(19-18-31(29)3)21-25-12-14-28(15-13-25)27-10-6-5-7-11-27/h4-12,14,16,20,29H,1-2,13,15,17-19,21-23H2,3H3. The zero-order valence-electron chi connectivity index (χ0n) is 19.9. The summed E-state index contributed by atoms with van der Waals surface area (Å²) in [4.78, 5) is 11.7. The highest BCUT2D eigenvalue weighted by Crippen LogP contribution is 2.28. The van der Waals surface area contributed by atoms with Crippen molar-refractivity contribution in [1.29, 1.82) is 0 Å². The number of allylic oxidation sites excluding steroid dienone is 3. The smallest absolute Gasteiger partial charge is 0.0617 e. The minimum atomic E-state index is 0.301. The van der Waals surface area contributed by atoms with Gasteiger partial charge in [-0.2, -0.15) is 0 Å². The molecule has 1 unspecified atom stereocenters. The zero-order valence-corrected chi connectivity index (χ0v) is 19.9. The topological polar surface area (TPSA) is 22.6 Å². The van der Waals surface area contributed by atoms with E-state index < -0.39 is 0 Å². The summed E-state index contributed by atoms with van der Waals surface area (Å²) < 4.78 is 0. The molecule has 0 N–H and O–H groups in total. The molecule has 4 heteroatoms. The number of rotatable bonds is 9. The summed E-state index contributed by atoms with van der Waals surface area (Å²) in [7, 11) is 2.22. The van der Waals surface area contributed by atoms with E-state index in [0.717, 1.165) is 57.8 Å². The molecule has 2 aromatic rings. The van der Waals surface area contributed by atoms with Crippen molar-refractivity contribution in [1.82, 2.24) is 19.7 Å². The number of likely N-dealkylation sites (N-methyl/N-ethyl adjacent to an activating group) is 1. The van der Waals surface area contributed by atoms with E-state index in [-0.39, 0.29) is 0 Å². The van der Waals surface area contributed by atoms with Crippen LogP contribution in [0.2, 0.25) is 0 Å². The van der Waals surface area contributed by atoms with Crippen LogP contribution in [0.25, 0.3) is 5.57 Å². The lowest BCUT2D eigenvalue weighted by Gasteiger charge is -2.43. The molecule has 1 saturated heterocycles. The van der Waals surface area contributed by atoms with E-state index in [4.69, 9.17) is 0 Å². The number of hydrogen-bond donors (Lipinski definition) is 0. The molecule has 172 valence electrons. The third-order valence-corrected chi connectivity index (χ3v) is 6.78. The fourth-order valence-electron chi connectivity index (χ4n) is 4.79. The molecule has 0 radical (unpaired) electrons. The molecule has 33 heavy (non-hydrogen) atoms. The van der Waals surface area contributed by atoms with Gasteiger partial charge in [0.1, 0.15) is 0 Å². The van der Waals surface area contributed by atoms with E-state index >= 15 is 0 Å². The summed E-state index contributed by atoms with van der Waals surface area (Å²) in [5.41, 5.74) is 6.68. The Morgan fingerprint density at radius 2 is 1.97 bits per heavy atom. The van der Waals surface area contributed by atoms with Crippen LogP contribution in [-0.4, -0.2) is 65.5 Å². The van der Waals surface area contributed by atoms with Crippen molar-refractivity contribution in [2.24, 2.45) is 0 Å². The Morgan fingerprint density at radius 1 is 1.12 bits per heavy atom. The Balaban J connectivity index is 1.40. The van der Waals surface area contributed by atoms with Crippen molar-refractivity contribution < 1.29 is 0 Å². The molecular formula is C29H36N4. The second-order valence-electron chi connectivity index (χ2n) is 9.14. The summed E-state index contributed by atoms with van der Waals surface area (Å²) >= 11 is 0. The van der Waals surface area contributed by atoms with Gasteiger partial charge >= 0.3 is 0 Å². The Bertz CT molecular complexity index is 993. The molecule has 0 spiro atoms. The van der Waals surface area contributed by atoms with Crippen molar-refractivity contribution >= 4 is 5.57 Å². The molecule has 0 bridgehead atoms. The van der Waals surface area contributed by atoms with Crippen LogP contribution in [0.4, 0.5) is 0 Å². The maximum Gasteiger partial charge on any atom is 0.0617 e. The van der Waals surface area contributed by atoms with Gasteiger partial charge in [-0.3, -0.25) is 14.8 Å². The molecule has 2 aliphatic rings. The summed E-state index contributed by atoms with van der Waals surface area (Å²) in [6, 6.07) is 15.2. The van der Waals surface area contributed by atoms with Crippen LogP contribution >= 0.6 is 0 Å². The molecular weight excluding hydrogens is 404 g/mol. The van der Waals surface area contributed by atoms with Gasteiger partial charge in [0.15, 0.2) is 0 Å². The molecule has 4 nitrogen and oxygen atoms in total. The van der Waals surface area contributed by atoms with Crippen LogP contribution in [0, 0.1) is 0 Å². The Kier molecular flexibility index (Phi) is 7.92. The molecule has 1 atom stereocenters. The minimum Gasteiger partial charge on any atom is -0.366 e. The Hall–Kier alpha value is -2.95. The van der Waals surface area contributed by atoms with Crippen molar-refractivity contribution in [3.05, 3.63) is 109 Å². The summed E-state index contributed by atoms with van der Waals surface area (Å²) in [5.74, 6) is 0. The molecule has 1 fully saturated rings. The van der Waals surface area contributed by atoms with E-state index in [9.17, 15) is 0 Å². The monoisotopic (exact) mass is 440 g/mol. The average Bonchev–Trinajstić information content (AvgIpc) is 2.86. The van der Waals surface area contributed by atoms with Crippen LogP contribution in [0.15, 0.2) is 97.5 Å². The molecule has 2 heterocycles. The second kappa shape index (κ2) is 11.3. The number of hydrogen-bond acceptors (Lipinski definition) is 4. The average molecular weight is 441 g/mol. The number of pyridine rings is 1. The van der Waals surface area contributed by atoms with Gasteiger partial charge in [0.05, 0.1) is 6.04 Å². The van der Waals surface area contributed by atoms with Gasteiger partial charge in [-0.1, -0.05) is 66.8 Å². The van der Waals surface area contributed by atoms with Crippen LogP contribution in [0.5, 0.6) is 0 Å². The lowest BCUT2D eigenvalue weighted by Crippen LogP contribution is -2.54. The highest BCUT2D eigenvalue weighted by atomic mass is 15.3. The van der Waals surface area contributed by atoms with Crippen LogP contribution in [0.1, 0.15) is 24.0 Å². The van der Waals surface area contributed by atoms with Gasteiger partial charge in [-0.25, -0.2) is 0 Å². The van der Waals surface area contributed by atoms with E-state index in [1.807, 2.05) is 24.5 Å². The van der Waals surface area contributed by atoms with Crippen molar-refractivity contribution in [3.8, 4) is 0 Å². The molecule has 1 aliphatic heterocycles. The quantitative estimate of drug-likeness (QED) is 0.512. The number of benzene rings is 1. The fourth-order valence-corrected chi connectivity index (χ4v) is 4.79. The molecule has 1 aromatic carbocycles. The largest absolute Gasteiger partial charge is 0.366 e. The zero-order chi connectivity index (χ0) is 23.0. The predicted octanol–water partition coefficient (Wildman–Crippen LogP) is 5.00. The lowest BCUT2D eigenvalue weighted by atomic mass is 9.93. The summed E-state index contributed by atoms with van der Waals surface area (Å²) in [6.45, 7) is 14.3. The molecule has 0 saturated carbocycles. The summed E-state index contributed by atoms with van der Waals surface area (Å²) in [6.07, 6.45) is 12.7. The first-order valence-electron chi connectivity index (χ1n) is 11.9. The van der Waals surface area contributed by atoms with Gasteiger partial charge in [0.25, 0.3) is 0 Å². The van der Waals surface area contributed by atoms with Crippen molar-refractivity contribution in [2.75, 3.05) is 39.8 Å². The molecule has 1 aromatic heterocycles. The van der Waals surface area contributed by atoms with Crippen molar-refractivity contribution in [2.45, 2.75) is 25.4 Å². The third-order valence-electron chi connectivity index (χ3n) is 6.78. The Morgan fingerprint density at radius 3 is 2.67 bits per heavy atom. The first-order chi connectivity index (χ1) is 16.1. The molecule has 4 rings (SSSR count). The molecule has 1 aliphatic carbocycles. The predicted molar refractivity (Wildman–Crippen MR) is 139 cm³/mol. The maximum atomic E-state index is 4.53. The van der Waals surface area contributed by atoms with E-state index in [1.54, 1.807) is 0 Å². The van der Waals surface area contributed by atoms with E-state index in [0.29, 0.717) is 6.04 Å². The van der Waals surface area contributed by atoms with Gasteiger partial charge in [0.2, 0.25) is 0 Å². The maximum absolute atomic E-state index is 4.53. The first-order valence-corrected chi connectivity index (χ1v) is 11.9. The normalized spacial score (nSPS) is 19.5. The fraction of sp³-hybridized carbons (Fsp3) is 0.345. The van der Waals surface area contributed by atoms with Gasteiger partial charge in [-0.15, -0.1) is 6.58 Å². The number of nitrogens with zero attached hydrogens (tertiary/aromatic N) is 4. The van der Waals surface area contributed by atoms with Gasteiger partial charge in [-0.05, 0) is 42.7 Å². The van der Waals surface area contributed by atoms with Gasteiger partial charge in [0, 0.05) is 57.4 Å². The lowest BCUT2D eigenvalue weighted by molar-refractivity contribution is 0.102. The third kappa shape index (κ3) is 6.10. The Labute approximate surface area is 199 Å². The van der Waals surface area contributed by atoms with Crippen LogP contribution < -0.4 is 0 Å².